The van der Waals surface area contributed by atoms with Crippen LogP contribution in [0.1, 0.15) is 18.1 Å². The van der Waals surface area contributed by atoms with Crippen LogP contribution in [0.25, 0.3) is 0 Å². The van der Waals surface area contributed by atoms with Gasteiger partial charge < -0.3 is 23.7 Å². The molecule has 0 spiro atoms. The van der Waals surface area contributed by atoms with Crippen molar-refractivity contribution >= 4 is 5.97 Å². The summed E-state index contributed by atoms with van der Waals surface area (Å²) in [6.45, 7) is 2.86. The van der Waals surface area contributed by atoms with Crippen molar-refractivity contribution in [2.24, 2.45) is 0 Å². The predicted octanol–water partition coefficient (Wildman–Crippen LogP) is 2.85. The van der Waals surface area contributed by atoms with Crippen molar-refractivity contribution in [3.63, 3.8) is 0 Å². The highest BCUT2D eigenvalue weighted by atomic mass is 16.8. The molecular formula is C22H24O6. The van der Waals surface area contributed by atoms with Gasteiger partial charge in [0.2, 0.25) is 6.29 Å². The quantitative estimate of drug-likeness (QED) is 0.652. The third kappa shape index (κ3) is 4.10. The first-order valence-corrected chi connectivity index (χ1v) is 9.40. The molecule has 2 aromatic carbocycles. The van der Waals surface area contributed by atoms with Crippen LogP contribution in [0.4, 0.5) is 0 Å². The Morgan fingerprint density at radius 3 is 2.32 bits per heavy atom. The third-order valence-corrected chi connectivity index (χ3v) is 4.97. The highest BCUT2D eigenvalue weighted by molar-refractivity contribution is 5.66. The van der Waals surface area contributed by atoms with Gasteiger partial charge >= 0.3 is 5.97 Å². The smallest absolute Gasteiger partial charge is 0.305 e. The Morgan fingerprint density at radius 2 is 1.68 bits per heavy atom. The van der Waals surface area contributed by atoms with E-state index in [2.05, 4.69) is 0 Å². The number of hydrogen-bond acceptors (Lipinski definition) is 6. The van der Waals surface area contributed by atoms with E-state index >= 15 is 0 Å². The maximum atomic E-state index is 11.4. The molecule has 0 amide bonds. The van der Waals surface area contributed by atoms with Gasteiger partial charge in [-0.2, -0.15) is 0 Å². The van der Waals surface area contributed by atoms with Crippen molar-refractivity contribution in [1.29, 1.82) is 0 Å². The van der Waals surface area contributed by atoms with Gasteiger partial charge in [-0.05, 0) is 11.1 Å². The van der Waals surface area contributed by atoms with Crippen molar-refractivity contribution < 1.29 is 28.5 Å². The van der Waals surface area contributed by atoms with Crippen LogP contribution in [0.3, 0.4) is 0 Å². The molecule has 0 aromatic heterocycles. The molecule has 2 aliphatic heterocycles. The maximum absolute atomic E-state index is 11.4. The minimum atomic E-state index is -0.797. The van der Waals surface area contributed by atoms with Gasteiger partial charge in [-0.3, -0.25) is 4.79 Å². The van der Waals surface area contributed by atoms with E-state index in [1.54, 1.807) is 0 Å². The number of carbonyl (C=O) groups is 1. The summed E-state index contributed by atoms with van der Waals surface area (Å²) in [5.74, 6) is -0.414. The van der Waals surface area contributed by atoms with Gasteiger partial charge in [-0.15, -0.1) is 0 Å². The van der Waals surface area contributed by atoms with E-state index in [0.717, 1.165) is 11.1 Å². The van der Waals surface area contributed by atoms with Gasteiger partial charge in [0.1, 0.15) is 17.8 Å². The second-order valence-electron chi connectivity index (χ2n) is 7.13. The lowest BCUT2D eigenvalue weighted by atomic mass is 10.00. The van der Waals surface area contributed by atoms with Gasteiger partial charge in [-0.1, -0.05) is 60.7 Å². The highest BCUT2D eigenvalue weighted by Gasteiger charge is 2.64. The van der Waals surface area contributed by atoms with Gasteiger partial charge in [0, 0.05) is 6.92 Å². The van der Waals surface area contributed by atoms with Crippen LogP contribution in [0, 0.1) is 0 Å². The molecule has 2 fully saturated rings. The summed E-state index contributed by atoms with van der Waals surface area (Å²) in [6.07, 6.45) is -1.63. The molecular weight excluding hydrogens is 360 g/mol. The Kier molecular flexibility index (Phi) is 5.73. The third-order valence-electron chi connectivity index (χ3n) is 4.97. The normalized spacial score (nSPS) is 28.4. The van der Waals surface area contributed by atoms with Crippen LogP contribution >= 0.6 is 0 Å². The topological polar surface area (TPSA) is 63.2 Å². The van der Waals surface area contributed by atoms with Crippen LogP contribution < -0.4 is 0 Å². The Morgan fingerprint density at radius 1 is 1.04 bits per heavy atom. The van der Waals surface area contributed by atoms with E-state index in [9.17, 15) is 4.79 Å². The van der Waals surface area contributed by atoms with E-state index in [0.29, 0.717) is 19.8 Å². The van der Waals surface area contributed by atoms with E-state index in [1.165, 1.54) is 6.92 Å². The maximum Gasteiger partial charge on any atom is 0.305 e. The molecule has 2 bridgehead atoms. The minimum Gasteiger partial charge on any atom is -0.433 e. The molecule has 2 aliphatic rings. The summed E-state index contributed by atoms with van der Waals surface area (Å²) in [7, 11) is 0. The lowest BCUT2D eigenvalue weighted by Crippen LogP contribution is -2.46. The number of benzene rings is 2. The fraction of sp³-hybridized carbons (Fsp3) is 0.409. The van der Waals surface area contributed by atoms with E-state index < -0.39 is 24.0 Å². The fourth-order valence-electron chi connectivity index (χ4n) is 3.66. The molecule has 2 aromatic rings. The van der Waals surface area contributed by atoms with Crippen LogP contribution in [0.2, 0.25) is 0 Å². The van der Waals surface area contributed by atoms with Crippen molar-refractivity contribution in [3.05, 3.63) is 71.8 Å². The Labute approximate surface area is 164 Å². The van der Waals surface area contributed by atoms with Gasteiger partial charge in [-0.25, -0.2) is 0 Å². The number of esters is 1. The van der Waals surface area contributed by atoms with E-state index in [-0.39, 0.29) is 12.7 Å². The average molecular weight is 384 g/mol. The first-order chi connectivity index (χ1) is 13.7. The van der Waals surface area contributed by atoms with Gasteiger partial charge in [0.05, 0.1) is 26.4 Å². The van der Waals surface area contributed by atoms with Crippen molar-refractivity contribution in [2.45, 2.75) is 44.2 Å². The SMILES string of the molecule is CC(=O)O[C@@H]1O[C@@]2(COCc3ccccc3)COC1C2OCc1ccccc1. The first kappa shape index (κ1) is 19.1. The zero-order valence-electron chi connectivity index (χ0n) is 15.8. The van der Waals surface area contributed by atoms with Crippen molar-refractivity contribution in [1.82, 2.24) is 0 Å². The fourth-order valence-corrected chi connectivity index (χ4v) is 3.66. The Hall–Kier alpha value is -2.25. The largest absolute Gasteiger partial charge is 0.433 e. The molecule has 4 rings (SSSR count). The summed E-state index contributed by atoms with van der Waals surface area (Å²) < 4.78 is 29.3. The minimum absolute atomic E-state index is 0.287. The summed E-state index contributed by atoms with van der Waals surface area (Å²) >= 11 is 0. The summed E-state index contributed by atoms with van der Waals surface area (Å²) in [5.41, 5.74) is 1.33. The molecule has 2 saturated heterocycles. The molecule has 4 atom stereocenters. The molecule has 0 N–H and O–H groups in total. The second-order valence-corrected chi connectivity index (χ2v) is 7.13. The summed E-state index contributed by atoms with van der Waals surface area (Å²) in [4.78, 5) is 11.4. The number of carbonyl (C=O) groups excluding carboxylic acids is 1. The molecule has 0 saturated carbocycles. The summed E-state index contributed by atoms with van der Waals surface area (Å²) in [5, 5.41) is 0. The lowest BCUT2D eigenvalue weighted by Gasteiger charge is -2.30. The Balaban J connectivity index is 1.44. The summed E-state index contributed by atoms with van der Waals surface area (Å²) in [6, 6.07) is 19.8. The Bertz CT molecular complexity index is 780. The highest BCUT2D eigenvalue weighted by Crippen LogP contribution is 2.43. The zero-order chi connectivity index (χ0) is 19.4. The molecule has 2 unspecified atom stereocenters. The van der Waals surface area contributed by atoms with Crippen LogP contribution in [0.5, 0.6) is 0 Å². The number of rotatable bonds is 8. The standard InChI is InChI=1S/C22H24O6/c1-16(23)27-21-19-20(25-13-18-10-6-3-7-11-18)22(28-21,15-26-19)14-24-12-17-8-4-2-5-9-17/h2-11,19-21H,12-15H2,1H3/t19?,20?,21-,22+/m1/s1. The first-order valence-electron chi connectivity index (χ1n) is 9.40. The van der Waals surface area contributed by atoms with E-state index in [4.69, 9.17) is 23.7 Å². The molecule has 148 valence electrons. The molecule has 6 heteroatoms. The van der Waals surface area contributed by atoms with Crippen LogP contribution in [0.15, 0.2) is 60.7 Å². The van der Waals surface area contributed by atoms with Crippen LogP contribution in [-0.4, -0.2) is 43.3 Å². The lowest BCUT2D eigenvalue weighted by molar-refractivity contribution is -0.248. The molecule has 0 radical (unpaired) electrons. The van der Waals surface area contributed by atoms with Gasteiger partial charge in [0.25, 0.3) is 0 Å². The average Bonchev–Trinajstić information content (AvgIpc) is 3.19. The van der Waals surface area contributed by atoms with Crippen molar-refractivity contribution in [2.75, 3.05) is 13.2 Å². The van der Waals surface area contributed by atoms with Crippen molar-refractivity contribution in [3.8, 4) is 0 Å². The predicted molar refractivity (Wildman–Crippen MR) is 100 cm³/mol. The van der Waals surface area contributed by atoms with Crippen LogP contribution in [-0.2, 0) is 41.7 Å². The zero-order valence-corrected chi connectivity index (χ0v) is 15.8. The molecule has 6 nitrogen and oxygen atoms in total. The molecule has 28 heavy (non-hydrogen) atoms. The van der Waals surface area contributed by atoms with E-state index in [1.807, 2.05) is 60.7 Å². The second kappa shape index (κ2) is 8.41. The number of ether oxygens (including phenoxy) is 5. The molecule has 2 heterocycles. The monoisotopic (exact) mass is 384 g/mol. The number of hydrogen-bond donors (Lipinski definition) is 0. The number of fused-ring (bicyclic) bond motifs is 2. The molecule has 0 aliphatic carbocycles. The van der Waals surface area contributed by atoms with Gasteiger partial charge in [0.15, 0.2) is 0 Å².